The highest BCUT2D eigenvalue weighted by Gasteiger charge is 2.57. The summed E-state index contributed by atoms with van der Waals surface area (Å²) in [6, 6.07) is 4.72. The first-order valence-corrected chi connectivity index (χ1v) is 9.72. The monoisotopic (exact) mass is 326 g/mol. The molecule has 1 aromatic rings. The summed E-state index contributed by atoms with van der Waals surface area (Å²) in [6.45, 7) is 6.79. The minimum Gasteiger partial charge on any atom is -0.496 e. The average Bonchev–Trinajstić information content (AvgIpc) is 2.82. The van der Waals surface area contributed by atoms with Gasteiger partial charge in [-0.25, -0.2) is 0 Å². The minimum absolute atomic E-state index is 0.0435. The van der Waals surface area contributed by atoms with Crippen LogP contribution in [0.2, 0.25) is 0 Å². The molecule has 24 heavy (non-hydrogen) atoms. The maximum atomic E-state index is 12.6. The van der Waals surface area contributed by atoms with E-state index in [1.165, 1.54) is 24.0 Å². The number of carbonyl (C=O) groups is 1. The Labute approximate surface area is 146 Å². The number of ether oxygens (including phenoxy) is 1. The number of hydrogen-bond donors (Lipinski definition) is 0. The van der Waals surface area contributed by atoms with Gasteiger partial charge in [-0.05, 0) is 78.5 Å². The summed E-state index contributed by atoms with van der Waals surface area (Å²) in [6.07, 6.45) is 6.46. The first kappa shape index (κ1) is 16.2. The molecule has 2 heteroatoms. The van der Waals surface area contributed by atoms with Gasteiger partial charge in [-0.15, -0.1) is 0 Å². The first-order valence-electron chi connectivity index (χ1n) is 9.72. The number of ketones is 1. The Morgan fingerprint density at radius 3 is 2.79 bits per heavy atom. The molecule has 0 radical (unpaired) electrons. The Hall–Kier alpha value is -1.31. The molecule has 0 aliphatic heterocycles. The summed E-state index contributed by atoms with van der Waals surface area (Å²) in [7, 11) is 1.78. The topological polar surface area (TPSA) is 26.3 Å². The van der Waals surface area contributed by atoms with Crippen LogP contribution in [0.4, 0.5) is 0 Å². The number of carbonyl (C=O) groups excluding carboxylic acids is 1. The maximum Gasteiger partial charge on any atom is 0.139 e. The van der Waals surface area contributed by atoms with Crippen LogP contribution in [0, 0.1) is 23.2 Å². The second-order valence-corrected chi connectivity index (χ2v) is 8.61. The zero-order chi connectivity index (χ0) is 17.1. The van der Waals surface area contributed by atoms with E-state index in [1.54, 1.807) is 12.7 Å². The third kappa shape index (κ3) is 2.11. The molecule has 0 saturated heterocycles. The Kier molecular flexibility index (Phi) is 3.78. The van der Waals surface area contributed by atoms with Crippen molar-refractivity contribution in [2.24, 2.45) is 23.2 Å². The highest BCUT2D eigenvalue weighted by atomic mass is 16.5. The molecular formula is C22H30O2. The summed E-state index contributed by atoms with van der Waals surface area (Å²) < 4.78 is 5.61. The summed E-state index contributed by atoms with van der Waals surface area (Å²) in [5.41, 5.74) is 4.35. The SMILES string of the molecule is CCc1cc2c(cc1OC)CC[C@H]1[C@@H]3[C@H](C)CC(=O)[C@@]3(C)CC[C@H]21. The van der Waals surface area contributed by atoms with E-state index in [0.29, 0.717) is 29.5 Å². The molecule has 3 aliphatic carbocycles. The highest BCUT2D eigenvalue weighted by molar-refractivity contribution is 5.87. The normalized spacial score (nSPS) is 37.6. The van der Waals surface area contributed by atoms with Crippen molar-refractivity contribution in [1.82, 2.24) is 0 Å². The Morgan fingerprint density at radius 1 is 1.29 bits per heavy atom. The predicted molar refractivity (Wildman–Crippen MR) is 96.5 cm³/mol. The van der Waals surface area contributed by atoms with E-state index in [-0.39, 0.29) is 5.41 Å². The molecule has 2 nitrogen and oxygen atoms in total. The van der Waals surface area contributed by atoms with Gasteiger partial charge in [0.1, 0.15) is 11.5 Å². The van der Waals surface area contributed by atoms with Gasteiger partial charge in [0, 0.05) is 11.8 Å². The summed E-state index contributed by atoms with van der Waals surface area (Å²) >= 11 is 0. The van der Waals surface area contributed by atoms with Gasteiger partial charge in [-0.1, -0.05) is 26.8 Å². The van der Waals surface area contributed by atoms with Crippen LogP contribution in [0.3, 0.4) is 0 Å². The zero-order valence-corrected chi connectivity index (χ0v) is 15.5. The standard InChI is InChI=1S/C22H30O2/c1-5-14-11-18-15(12-19(14)24-4)6-7-17-16(18)8-9-22(3)20(23)10-13(2)21(17)22/h11-13,16-17,21H,5-10H2,1-4H3/t13-,16+,17-,21+,22-/m1/s1. The van der Waals surface area contributed by atoms with E-state index in [9.17, 15) is 4.79 Å². The fourth-order valence-electron chi connectivity index (χ4n) is 6.39. The van der Waals surface area contributed by atoms with Crippen LogP contribution in [0.15, 0.2) is 12.1 Å². The lowest BCUT2D eigenvalue weighted by Gasteiger charge is -2.49. The molecule has 0 bridgehead atoms. The lowest BCUT2D eigenvalue weighted by molar-refractivity contribution is -0.129. The largest absolute Gasteiger partial charge is 0.496 e. The Balaban J connectivity index is 1.75. The van der Waals surface area contributed by atoms with Crippen LogP contribution in [-0.4, -0.2) is 12.9 Å². The van der Waals surface area contributed by atoms with Gasteiger partial charge in [-0.2, -0.15) is 0 Å². The van der Waals surface area contributed by atoms with E-state index >= 15 is 0 Å². The van der Waals surface area contributed by atoms with E-state index in [0.717, 1.165) is 31.4 Å². The van der Waals surface area contributed by atoms with Crippen LogP contribution in [-0.2, 0) is 17.6 Å². The fraction of sp³-hybridized carbons (Fsp3) is 0.682. The van der Waals surface area contributed by atoms with Crippen molar-refractivity contribution in [2.75, 3.05) is 7.11 Å². The second kappa shape index (κ2) is 5.61. The third-order valence-corrected chi connectivity index (χ3v) is 7.52. The number of rotatable bonds is 2. The number of hydrogen-bond acceptors (Lipinski definition) is 2. The molecule has 4 rings (SSSR count). The van der Waals surface area contributed by atoms with Gasteiger partial charge >= 0.3 is 0 Å². The van der Waals surface area contributed by atoms with Crippen molar-refractivity contribution in [3.63, 3.8) is 0 Å². The number of benzene rings is 1. The van der Waals surface area contributed by atoms with Crippen molar-refractivity contribution in [2.45, 2.75) is 65.2 Å². The number of fused-ring (bicyclic) bond motifs is 5. The zero-order valence-electron chi connectivity index (χ0n) is 15.5. The molecule has 0 amide bonds. The van der Waals surface area contributed by atoms with Crippen molar-refractivity contribution in [3.05, 3.63) is 28.8 Å². The van der Waals surface area contributed by atoms with Crippen LogP contribution >= 0.6 is 0 Å². The lowest BCUT2D eigenvalue weighted by atomic mass is 9.54. The van der Waals surface area contributed by atoms with Gasteiger partial charge in [0.05, 0.1) is 7.11 Å². The van der Waals surface area contributed by atoms with Gasteiger partial charge in [-0.3, -0.25) is 4.79 Å². The van der Waals surface area contributed by atoms with Crippen LogP contribution < -0.4 is 4.74 Å². The average molecular weight is 326 g/mol. The lowest BCUT2D eigenvalue weighted by Crippen LogP contribution is -2.44. The molecule has 0 aromatic heterocycles. The smallest absolute Gasteiger partial charge is 0.139 e. The van der Waals surface area contributed by atoms with Crippen LogP contribution in [0.25, 0.3) is 0 Å². The van der Waals surface area contributed by atoms with E-state index in [2.05, 4.69) is 32.9 Å². The summed E-state index contributed by atoms with van der Waals surface area (Å²) in [4.78, 5) is 12.6. The number of Topliss-reactive ketones (excluding diaryl/α,β-unsaturated/α-hetero) is 1. The molecule has 1 aromatic carbocycles. The molecule has 0 spiro atoms. The summed E-state index contributed by atoms with van der Waals surface area (Å²) in [5.74, 6) is 4.07. The molecule has 2 fully saturated rings. The second-order valence-electron chi connectivity index (χ2n) is 8.61. The van der Waals surface area contributed by atoms with Crippen LogP contribution in [0.1, 0.15) is 69.1 Å². The quantitative estimate of drug-likeness (QED) is 0.770. The van der Waals surface area contributed by atoms with Gasteiger partial charge in [0.2, 0.25) is 0 Å². The molecule has 0 heterocycles. The van der Waals surface area contributed by atoms with Gasteiger partial charge in [0.25, 0.3) is 0 Å². The molecule has 5 atom stereocenters. The van der Waals surface area contributed by atoms with Crippen LogP contribution in [0.5, 0.6) is 5.75 Å². The third-order valence-electron chi connectivity index (χ3n) is 7.52. The predicted octanol–water partition coefficient (Wildman–Crippen LogP) is 4.93. The van der Waals surface area contributed by atoms with E-state index in [1.807, 2.05) is 0 Å². The number of aryl methyl sites for hydroxylation is 2. The molecule has 2 saturated carbocycles. The highest BCUT2D eigenvalue weighted by Crippen LogP contribution is 2.61. The van der Waals surface area contributed by atoms with Gasteiger partial charge < -0.3 is 4.74 Å². The summed E-state index contributed by atoms with van der Waals surface area (Å²) in [5, 5.41) is 0. The van der Waals surface area contributed by atoms with Crippen molar-refractivity contribution in [3.8, 4) is 5.75 Å². The van der Waals surface area contributed by atoms with Crippen molar-refractivity contribution >= 4 is 5.78 Å². The minimum atomic E-state index is -0.0435. The molecule has 0 unspecified atom stereocenters. The fourth-order valence-corrected chi connectivity index (χ4v) is 6.39. The molecule has 0 N–H and O–H groups in total. The first-order chi connectivity index (χ1) is 11.5. The molecule has 3 aliphatic rings. The van der Waals surface area contributed by atoms with Gasteiger partial charge in [0.15, 0.2) is 0 Å². The Morgan fingerprint density at radius 2 is 2.08 bits per heavy atom. The maximum absolute atomic E-state index is 12.6. The molecule has 130 valence electrons. The number of methoxy groups -OCH3 is 1. The van der Waals surface area contributed by atoms with E-state index in [4.69, 9.17) is 4.74 Å². The Bertz CT molecular complexity index is 677. The van der Waals surface area contributed by atoms with Crippen molar-refractivity contribution < 1.29 is 9.53 Å². The molecular weight excluding hydrogens is 296 g/mol. The van der Waals surface area contributed by atoms with Crippen molar-refractivity contribution in [1.29, 1.82) is 0 Å². The van der Waals surface area contributed by atoms with E-state index < -0.39 is 0 Å².